The summed E-state index contributed by atoms with van der Waals surface area (Å²) in [5, 5.41) is 5.32. The van der Waals surface area contributed by atoms with Gasteiger partial charge in [0.1, 0.15) is 16.2 Å². The number of thiophene rings is 1. The van der Waals surface area contributed by atoms with Gasteiger partial charge in [-0.05, 0) is 32.4 Å². The molecule has 3 rings (SSSR count). The van der Waals surface area contributed by atoms with Crippen molar-refractivity contribution in [1.82, 2.24) is 20.2 Å². The monoisotopic (exact) mass is 372 g/mol. The molecular weight excluding hydrogens is 352 g/mol. The smallest absolute Gasteiger partial charge is 0.233 e. The molecule has 1 atom stereocenters. The summed E-state index contributed by atoms with van der Waals surface area (Å²) in [7, 11) is 1.90. The van der Waals surface area contributed by atoms with Crippen LogP contribution in [0.2, 0.25) is 0 Å². The lowest BCUT2D eigenvalue weighted by Crippen LogP contribution is -2.39. The summed E-state index contributed by atoms with van der Waals surface area (Å²) in [5.41, 5.74) is 1.23. The molecule has 0 aliphatic carbocycles. The fraction of sp³-hybridized carbons (Fsp3) is 0.533. The molecule has 0 aromatic carbocycles. The van der Waals surface area contributed by atoms with E-state index in [1.54, 1.807) is 17.7 Å². The van der Waals surface area contributed by atoms with Crippen molar-refractivity contribution in [3.05, 3.63) is 16.8 Å². The van der Waals surface area contributed by atoms with Crippen LogP contribution in [0.25, 0.3) is 10.2 Å². The van der Waals surface area contributed by atoms with E-state index in [0.717, 1.165) is 34.8 Å². The van der Waals surface area contributed by atoms with Gasteiger partial charge in [-0.2, -0.15) is 0 Å². The van der Waals surface area contributed by atoms with Crippen LogP contribution in [0, 0.1) is 13.8 Å². The van der Waals surface area contributed by atoms with Crippen molar-refractivity contribution in [1.29, 1.82) is 0 Å². The highest BCUT2D eigenvalue weighted by Gasteiger charge is 2.23. The van der Waals surface area contributed by atoms with Crippen LogP contribution in [-0.2, 0) is 4.79 Å². The fourth-order valence-corrected chi connectivity index (χ4v) is 4.71. The maximum Gasteiger partial charge on any atom is 0.233 e. The van der Waals surface area contributed by atoms with Crippen LogP contribution in [0.15, 0.2) is 11.4 Å². The molecule has 126 valence electrons. The molecule has 5 nitrogen and oxygen atoms in total. The maximum atomic E-state index is 12.4. The van der Waals surface area contributed by atoms with Gasteiger partial charge in [-0.15, -0.1) is 23.7 Å². The summed E-state index contributed by atoms with van der Waals surface area (Å²) in [6.45, 7) is 6.09. The van der Waals surface area contributed by atoms with E-state index in [4.69, 9.17) is 0 Å². The number of nitrogens with zero attached hydrogens (tertiary/aromatic N) is 3. The lowest BCUT2D eigenvalue weighted by atomic mass is 10.2. The van der Waals surface area contributed by atoms with Crippen molar-refractivity contribution in [2.45, 2.75) is 31.3 Å². The second-order valence-electron chi connectivity index (χ2n) is 5.58. The van der Waals surface area contributed by atoms with Gasteiger partial charge in [0.15, 0.2) is 0 Å². The number of amides is 1. The summed E-state index contributed by atoms with van der Waals surface area (Å²) in [5.74, 6) is 0.586. The highest BCUT2D eigenvalue weighted by Crippen LogP contribution is 2.34. The molecule has 1 saturated heterocycles. The molecule has 1 N–H and O–H groups in total. The SMILES string of the molecule is Cc1sc2ncnc(SCC(=O)N(C)C3CCNC3)c2c1C.Cl. The Morgan fingerprint density at radius 2 is 2.26 bits per heavy atom. The highest BCUT2D eigenvalue weighted by molar-refractivity contribution is 8.00. The fourth-order valence-electron chi connectivity index (χ4n) is 2.67. The Labute approximate surface area is 150 Å². The van der Waals surface area contributed by atoms with Crippen LogP contribution in [0.3, 0.4) is 0 Å². The molecule has 1 amide bonds. The Kier molecular flexibility index (Phi) is 6.25. The van der Waals surface area contributed by atoms with Gasteiger partial charge in [0.2, 0.25) is 5.91 Å². The maximum absolute atomic E-state index is 12.4. The number of carbonyl (C=O) groups is 1. The summed E-state index contributed by atoms with van der Waals surface area (Å²) in [4.78, 5) is 25.2. The molecule has 8 heteroatoms. The van der Waals surface area contributed by atoms with E-state index in [2.05, 4.69) is 29.1 Å². The number of rotatable bonds is 4. The van der Waals surface area contributed by atoms with E-state index in [1.807, 2.05) is 11.9 Å². The molecule has 0 bridgehead atoms. The van der Waals surface area contributed by atoms with E-state index >= 15 is 0 Å². The molecule has 2 aromatic rings. The van der Waals surface area contributed by atoms with Crippen molar-refractivity contribution in [2.24, 2.45) is 0 Å². The molecule has 0 spiro atoms. The van der Waals surface area contributed by atoms with Gasteiger partial charge in [-0.25, -0.2) is 9.97 Å². The number of nitrogens with one attached hydrogen (secondary N) is 1. The van der Waals surface area contributed by atoms with E-state index in [0.29, 0.717) is 11.8 Å². The van der Waals surface area contributed by atoms with Crippen molar-refractivity contribution in [3.8, 4) is 0 Å². The molecule has 23 heavy (non-hydrogen) atoms. The summed E-state index contributed by atoms with van der Waals surface area (Å²) >= 11 is 3.20. The molecule has 1 unspecified atom stereocenters. The van der Waals surface area contributed by atoms with Crippen molar-refractivity contribution >= 4 is 51.6 Å². The van der Waals surface area contributed by atoms with Crippen molar-refractivity contribution in [2.75, 3.05) is 25.9 Å². The third-order valence-corrected chi connectivity index (χ3v) is 6.33. The van der Waals surface area contributed by atoms with Gasteiger partial charge in [-0.3, -0.25) is 4.79 Å². The zero-order valence-corrected chi connectivity index (χ0v) is 15.9. The average molecular weight is 373 g/mol. The summed E-state index contributed by atoms with van der Waals surface area (Å²) in [6, 6.07) is 0.323. The minimum Gasteiger partial charge on any atom is -0.341 e. The standard InChI is InChI=1S/C15H20N4OS2.ClH/c1-9-10(2)22-15-13(9)14(17-8-18-15)21-7-12(20)19(3)11-4-5-16-6-11;/h8,11,16H,4-7H2,1-3H3;1H. The molecule has 1 aliphatic heterocycles. The molecule has 1 fully saturated rings. The normalized spacial score (nSPS) is 17.3. The number of hydrogen-bond donors (Lipinski definition) is 1. The summed E-state index contributed by atoms with van der Waals surface area (Å²) < 4.78 is 0. The van der Waals surface area contributed by atoms with Crippen LogP contribution in [0.1, 0.15) is 16.9 Å². The highest BCUT2D eigenvalue weighted by atomic mass is 35.5. The molecular formula is C15H21ClN4OS2. The zero-order chi connectivity index (χ0) is 15.7. The van der Waals surface area contributed by atoms with Crippen LogP contribution < -0.4 is 5.32 Å². The number of carbonyl (C=O) groups excluding carboxylic acids is 1. The summed E-state index contributed by atoms with van der Waals surface area (Å²) in [6.07, 6.45) is 2.63. The lowest BCUT2D eigenvalue weighted by Gasteiger charge is -2.23. The quantitative estimate of drug-likeness (QED) is 0.660. The first-order valence-corrected chi connectivity index (χ1v) is 9.18. The largest absolute Gasteiger partial charge is 0.341 e. The van der Waals surface area contributed by atoms with E-state index in [1.165, 1.54) is 22.2 Å². The third-order valence-electron chi connectivity index (χ3n) is 4.24. The van der Waals surface area contributed by atoms with Crippen LogP contribution >= 0.6 is 35.5 Å². The van der Waals surface area contributed by atoms with Gasteiger partial charge >= 0.3 is 0 Å². The Hall–Kier alpha value is -0.890. The molecule has 1 aliphatic rings. The van der Waals surface area contributed by atoms with Crippen molar-refractivity contribution < 1.29 is 4.79 Å². The lowest BCUT2D eigenvalue weighted by molar-refractivity contribution is -0.128. The first kappa shape index (κ1) is 18.4. The number of halogens is 1. The van der Waals surface area contributed by atoms with E-state index in [-0.39, 0.29) is 18.3 Å². The minimum atomic E-state index is 0. The van der Waals surface area contributed by atoms with E-state index < -0.39 is 0 Å². The van der Waals surface area contributed by atoms with Gasteiger partial charge in [0.05, 0.1) is 5.75 Å². The minimum absolute atomic E-state index is 0. The topological polar surface area (TPSA) is 58.1 Å². The second-order valence-corrected chi connectivity index (χ2v) is 7.75. The van der Waals surface area contributed by atoms with Crippen LogP contribution in [-0.4, -0.2) is 52.7 Å². The van der Waals surface area contributed by atoms with Gasteiger partial charge in [-0.1, -0.05) is 11.8 Å². The van der Waals surface area contributed by atoms with Gasteiger partial charge in [0, 0.05) is 29.9 Å². The number of likely N-dealkylation sites (N-methyl/N-ethyl adjacent to an activating group) is 1. The number of fused-ring (bicyclic) bond motifs is 1. The predicted molar refractivity (Wildman–Crippen MR) is 98.9 cm³/mol. The Morgan fingerprint density at radius 1 is 1.48 bits per heavy atom. The second kappa shape index (κ2) is 7.79. The molecule has 3 heterocycles. The Morgan fingerprint density at radius 3 is 2.96 bits per heavy atom. The third kappa shape index (κ3) is 3.79. The molecule has 0 radical (unpaired) electrons. The number of hydrogen-bond acceptors (Lipinski definition) is 6. The average Bonchev–Trinajstić information content (AvgIpc) is 3.14. The predicted octanol–water partition coefficient (Wildman–Crippen LogP) is 2.64. The Bertz CT molecular complexity index is 700. The molecule has 0 saturated carbocycles. The van der Waals surface area contributed by atoms with Crippen molar-refractivity contribution in [3.63, 3.8) is 0 Å². The van der Waals surface area contributed by atoms with Crippen LogP contribution in [0.4, 0.5) is 0 Å². The number of thioether (sulfide) groups is 1. The number of aromatic nitrogens is 2. The van der Waals surface area contributed by atoms with Gasteiger partial charge in [0.25, 0.3) is 0 Å². The Balaban J connectivity index is 0.00000192. The van der Waals surface area contributed by atoms with Gasteiger partial charge < -0.3 is 10.2 Å². The first-order chi connectivity index (χ1) is 10.6. The zero-order valence-electron chi connectivity index (χ0n) is 13.5. The number of aryl methyl sites for hydroxylation is 2. The molecule has 2 aromatic heterocycles. The van der Waals surface area contributed by atoms with E-state index in [9.17, 15) is 4.79 Å². The van der Waals surface area contributed by atoms with Crippen LogP contribution in [0.5, 0.6) is 0 Å². The first-order valence-electron chi connectivity index (χ1n) is 7.37.